The molecule has 0 unspecified atom stereocenters. The van der Waals surface area contributed by atoms with E-state index < -0.39 is 54.7 Å². The zero-order valence-electron chi connectivity index (χ0n) is 19.6. The first-order valence-corrected chi connectivity index (χ1v) is 12.4. The van der Waals surface area contributed by atoms with Gasteiger partial charge in [0.15, 0.2) is 23.1 Å². The number of Topliss-reactive ketones (excluding diaryl/α,β-unsaturated/α-hetero) is 2. The maximum absolute atomic E-state index is 13.7. The second kappa shape index (κ2) is 8.42. The lowest BCUT2D eigenvalue weighted by Gasteiger charge is -2.54. The summed E-state index contributed by atoms with van der Waals surface area (Å²) in [6, 6.07) is 1.90. The topological polar surface area (TPSA) is 122 Å². The number of allylic oxidation sites excluding steroid dienone is 4. The molecule has 0 bridgehead atoms. The van der Waals surface area contributed by atoms with Gasteiger partial charge in [0.1, 0.15) is 19.8 Å². The Kier molecular flexibility index (Phi) is 5.91. The number of phenolic OH excluding ortho intramolecular Hbond substituents is 1. The van der Waals surface area contributed by atoms with Crippen molar-refractivity contribution in [2.75, 3.05) is 14.2 Å². The van der Waals surface area contributed by atoms with E-state index in [2.05, 4.69) is 0 Å². The second-order valence-electron chi connectivity index (χ2n) is 8.98. The summed E-state index contributed by atoms with van der Waals surface area (Å²) in [4.78, 5) is 48.7. The van der Waals surface area contributed by atoms with E-state index in [-0.39, 0.29) is 35.8 Å². The Morgan fingerprint density at radius 2 is 1.54 bits per heavy atom. The van der Waals surface area contributed by atoms with E-state index in [1.165, 1.54) is 42.8 Å². The summed E-state index contributed by atoms with van der Waals surface area (Å²) < 4.78 is 13.9. The molecule has 1 saturated carbocycles. The van der Waals surface area contributed by atoms with Crippen molar-refractivity contribution in [3.05, 3.63) is 60.4 Å². The standard InChI is InChI=1S/C23H19Cl4N3O7/c1-28-20(34)29-5-4-10-11(30(29)21(28)35)8-22(26)18(32)15(24)16(25)19(33)23(22,27)14(10)9-6-12(36-2)17(31)13(7-9)37-3/h4,6-7,11,14,31H,5,8H2,1-3H3/t11-,14+,22-,23+/m1/s1. The first-order chi connectivity index (χ1) is 17.3. The number of rotatable bonds is 3. The summed E-state index contributed by atoms with van der Waals surface area (Å²) >= 11 is 26.5. The normalized spacial score (nSPS) is 28.9. The molecule has 196 valence electrons. The van der Waals surface area contributed by atoms with Gasteiger partial charge < -0.3 is 14.6 Å². The van der Waals surface area contributed by atoms with Crippen LogP contribution in [-0.4, -0.2) is 54.6 Å². The first kappa shape index (κ1) is 26.0. The Balaban J connectivity index is 1.88. The van der Waals surface area contributed by atoms with Crippen LogP contribution in [0.2, 0.25) is 0 Å². The quantitative estimate of drug-likeness (QED) is 0.430. The number of alkyl halides is 2. The van der Waals surface area contributed by atoms with Crippen LogP contribution in [0.4, 0.5) is 0 Å². The number of halogens is 4. The Labute approximate surface area is 229 Å². The smallest absolute Gasteiger partial charge is 0.347 e. The third-order valence-electron chi connectivity index (χ3n) is 7.33. The minimum Gasteiger partial charge on any atom is -0.502 e. The number of carbonyl (C=O) groups excluding carboxylic acids is 2. The SMILES string of the molecule is COc1cc([C@H]2C3=CCn4c(=O)n(C)c(=O)n4[C@@H]3C[C@@]3(Cl)C(=O)C(Cl)=C(Cl)C(=O)[C@@]23Cl)cc(OC)c1O. The molecule has 0 radical (unpaired) electrons. The average molecular weight is 591 g/mol. The molecule has 1 aromatic heterocycles. The number of carbonyl (C=O) groups is 2. The van der Waals surface area contributed by atoms with Crippen LogP contribution < -0.4 is 20.9 Å². The van der Waals surface area contributed by atoms with Crippen molar-refractivity contribution < 1.29 is 24.2 Å². The largest absolute Gasteiger partial charge is 0.502 e. The third kappa shape index (κ3) is 3.13. The number of benzene rings is 1. The van der Waals surface area contributed by atoms with E-state index in [1.54, 1.807) is 6.08 Å². The zero-order chi connectivity index (χ0) is 27.2. The molecule has 3 aliphatic rings. The average Bonchev–Trinajstić information content (AvgIpc) is 3.11. The van der Waals surface area contributed by atoms with Gasteiger partial charge in [-0.25, -0.2) is 23.5 Å². The number of ether oxygens (including phenoxy) is 2. The highest BCUT2D eigenvalue weighted by atomic mass is 35.5. The van der Waals surface area contributed by atoms with Crippen molar-refractivity contribution in [1.82, 2.24) is 13.9 Å². The highest BCUT2D eigenvalue weighted by Crippen LogP contribution is 2.64. The lowest BCUT2D eigenvalue weighted by molar-refractivity contribution is -0.128. The summed E-state index contributed by atoms with van der Waals surface area (Å²) in [6.07, 6.45) is 1.33. The van der Waals surface area contributed by atoms with Gasteiger partial charge in [-0.3, -0.25) is 9.59 Å². The number of hydrogen-bond acceptors (Lipinski definition) is 7. The molecule has 2 aromatic rings. The molecule has 0 saturated heterocycles. The van der Waals surface area contributed by atoms with Crippen LogP contribution in [0.25, 0.3) is 0 Å². The van der Waals surface area contributed by atoms with Crippen LogP contribution in [0.15, 0.2) is 43.4 Å². The number of nitrogens with zero attached hydrogens (tertiary/aromatic N) is 3. The number of fused-ring (bicyclic) bond motifs is 4. The molecule has 1 aliphatic heterocycles. The summed E-state index contributed by atoms with van der Waals surface area (Å²) in [6.45, 7) is -0.0156. The van der Waals surface area contributed by atoms with Gasteiger partial charge in [0.2, 0.25) is 5.75 Å². The minimum absolute atomic E-state index is 0.00337. The fourth-order valence-electron chi connectivity index (χ4n) is 5.53. The third-order valence-corrected chi connectivity index (χ3v) is 9.58. The molecule has 4 atom stereocenters. The van der Waals surface area contributed by atoms with Crippen molar-refractivity contribution in [2.45, 2.75) is 34.7 Å². The number of aromatic nitrogens is 3. The highest BCUT2D eigenvalue weighted by Gasteiger charge is 2.71. The molecule has 14 heteroatoms. The number of methoxy groups -OCH3 is 2. The molecule has 0 amide bonds. The van der Waals surface area contributed by atoms with Crippen molar-refractivity contribution in [3.8, 4) is 17.2 Å². The maximum atomic E-state index is 13.7. The summed E-state index contributed by atoms with van der Waals surface area (Å²) in [5, 5.41) is 9.35. The molecular weight excluding hydrogens is 572 g/mol. The van der Waals surface area contributed by atoms with Gasteiger partial charge in [-0.1, -0.05) is 29.3 Å². The van der Waals surface area contributed by atoms with Crippen molar-refractivity contribution in [1.29, 1.82) is 0 Å². The molecule has 2 aliphatic carbocycles. The minimum atomic E-state index is -2.20. The van der Waals surface area contributed by atoms with E-state index in [0.717, 1.165) is 4.57 Å². The van der Waals surface area contributed by atoms with Gasteiger partial charge >= 0.3 is 11.4 Å². The zero-order valence-corrected chi connectivity index (χ0v) is 22.6. The van der Waals surface area contributed by atoms with Crippen LogP contribution in [-0.2, 0) is 23.2 Å². The van der Waals surface area contributed by atoms with Crippen molar-refractivity contribution in [2.24, 2.45) is 7.05 Å². The van der Waals surface area contributed by atoms with Crippen molar-refractivity contribution in [3.63, 3.8) is 0 Å². The van der Waals surface area contributed by atoms with E-state index in [1.807, 2.05) is 0 Å². The molecule has 1 aromatic carbocycles. The predicted molar refractivity (Wildman–Crippen MR) is 136 cm³/mol. The monoisotopic (exact) mass is 589 g/mol. The van der Waals surface area contributed by atoms with Crippen molar-refractivity contribution >= 4 is 58.0 Å². The van der Waals surface area contributed by atoms with Gasteiger partial charge in [-0.2, -0.15) is 0 Å². The maximum Gasteiger partial charge on any atom is 0.347 e. The summed E-state index contributed by atoms with van der Waals surface area (Å²) in [5.41, 5.74) is -0.483. The Bertz CT molecular complexity index is 1560. The van der Waals surface area contributed by atoms with Gasteiger partial charge in [0.25, 0.3) is 0 Å². The second-order valence-corrected chi connectivity index (χ2v) is 11.0. The fraction of sp³-hybridized carbons (Fsp3) is 0.391. The molecule has 37 heavy (non-hydrogen) atoms. The van der Waals surface area contributed by atoms with Crippen LogP contribution in [0.5, 0.6) is 17.2 Å². The highest BCUT2D eigenvalue weighted by molar-refractivity contribution is 6.66. The van der Waals surface area contributed by atoms with Crippen LogP contribution in [0, 0.1) is 0 Å². The molecule has 0 spiro atoms. The number of aromatic hydroxyl groups is 1. The molecule has 5 rings (SSSR count). The number of phenols is 1. The lowest BCUT2D eigenvalue weighted by Crippen LogP contribution is -2.67. The molecule has 10 nitrogen and oxygen atoms in total. The fourth-order valence-corrected chi connectivity index (χ4v) is 7.06. The van der Waals surface area contributed by atoms with E-state index in [4.69, 9.17) is 55.9 Å². The van der Waals surface area contributed by atoms with Crippen LogP contribution >= 0.6 is 46.4 Å². The lowest BCUT2D eigenvalue weighted by atomic mass is 9.59. The Morgan fingerprint density at radius 1 is 0.973 bits per heavy atom. The predicted octanol–water partition coefficient (Wildman–Crippen LogP) is 2.54. The first-order valence-electron chi connectivity index (χ1n) is 10.9. The molecule has 2 heterocycles. The Morgan fingerprint density at radius 3 is 2.11 bits per heavy atom. The van der Waals surface area contributed by atoms with Gasteiger partial charge in [0, 0.05) is 19.4 Å². The number of ketones is 2. The number of hydrogen-bond donors (Lipinski definition) is 1. The molecule has 1 N–H and O–H groups in total. The van der Waals surface area contributed by atoms with Gasteiger partial charge in [-0.05, 0) is 23.3 Å². The molecule has 1 fully saturated rings. The van der Waals surface area contributed by atoms with Gasteiger partial charge in [-0.15, -0.1) is 23.2 Å². The van der Waals surface area contributed by atoms with E-state index in [0.29, 0.717) is 5.57 Å². The summed E-state index contributed by atoms with van der Waals surface area (Å²) in [7, 11) is 3.97. The van der Waals surface area contributed by atoms with Crippen LogP contribution in [0.3, 0.4) is 0 Å². The Hall–Kier alpha value is -2.66. The van der Waals surface area contributed by atoms with E-state index in [9.17, 15) is 24.3 Å². The van der Waals surface area contributed by atoms with E-state index >= 15 is 0 Å². The summed E-state index contributed by atoms with van der Waals surface area (Å²) in [5.74, 6) is -3.26. The van der Waals surface area contributed by atoms with Crippen LogP contribution in [0.1, 0.15) is 23.9 Å². The molecular formula is C23H19Cl4N3O7. The van der Waals surface area contributed by atoms with Gasteiger partial charge in [0.05, 0.1) is 26.8 Å².